The molecule has 5 nitrogen and oxygen atoms in total. The van der Waals surface area contributed by atoms with Gasteiger partial charge in [0, 0.05) is 22.6 Å². The third kappa shape index (κ3) is 4.36. The van der Waals surface area contributed by atoms with Crippen LogP contribution in [-0.4, -0.2) is 17.4 Å². The zero-order valence-corrected chi connectivity index (χ0v) is 17.4. The number of pyridine rings is 1. The molecule has 0 radical (unpaired) electrons. The van der Waals surface area contributed by atoms with Crippen LogP contribution in [0.4, 0.5) is 5.00 Å². The Morgan fingerprint density at radius 1 is 1.07 bits per heavy atom. The van der Waals surface area contributed by atoms with Crippen LogP contribution < -0.4 is 10.0 Å². The van der Waals surface area contributed by atoms with Gasteiger partial charge in [-0.05, 0) is 49.1 Å². The number of nitrogens with zero attached hydrogens (tertiary/aromatic N) is 1. The van der Waals surface area contributed by atoms with Crippen LogP contribution in [0.3, 0.4) is 0 Å². The maximum atomic E-state index is 13.2. The van der Waals surface area contributed by atoms with E-state index < -0.39 is 0 Å². The summed E-state index contributed by atoms with van der Waals surface area (Å²) in [6, 6.07) is 14.3. The molecular formula is C22H20N2O3S2. The van der Waals surface area contributed by atoms with Gasteiger partial charge in [0.25, 0.3) is 5.03 Å². The van der Waals surface area contributed by atoms with E-state index in [2.05, 4.69) is 5.32 Å². The highest BCUT2D eigenvalue weighted by Gasteiger charge is 2.27. The second-order valence-corrected chi connectivity index (χ2v) is 8.91. The Kier molecular flexibility index (Phi) is 5.97. The van der Waals surface area contributed by atoms with Crippen LogP contribution in [0.15, 0.2) is 59.8 Å². The molecule has 0 spiro atoms. The number of hydrogen-bond donors (Lipinski definition) is 1. The van der Waals surface area contributed by atoms with Crippen molar-refractivity contribution in [3.63, 3.8) is 0 Å². The summed E-state index contributed by atoms with van der Waals surface area (Å²) in [6.07, 6.45) is 5.38. The molecule has 148 valence electrons. The van der Waals surface area contributed by atoms with Gasteiger partial charge in [0.1, 0.15) is 5.00 Å². The maximum absolute atomic E-state index is 13.2. The van der Waals surface area contributed by atoms with Gasteiger partial charge in [0.15, 0.2) is 12.0 Å². The SMILES string of the molecule is O=C(CSc1cccc[n+]1[O-])Nc1sc2c(c1C(=O)c1ccccc1)CCCC2. The number of nitrogens with one attached hydrogen (secondary N) is 1. The number of aromatic nitrogens is 1. The molecule has 29 heavy (non-hydrogen) atoms. The zero-order chi connectivity index (χ0) is 20.2. The number of thioether (sulfide) groups is 1. The number of carbonyl (C=O) groups is 2. The van der Waals surface area contributed by atoms with Crippen molar-refractivity contribution in [2.75, 3.05) is 11.1 Å². The van der Waals surface area contributed by atoms with E-state index in [0.29, 0.717) is 21.2 Å². The van der Waals surface area contributed by atoms with Crippen molar-refractivity contribution < 1.29 is 14.3 Å². The van der Waals surface area contributed by atoms with E-state index in [1.165, 1.54) is 34.2 Å². The Hall–Kier alpha value is -2.64. The topological polar surface area (TPSA) is 73.1 Å². The summed E-state index contributed by atoms with van der Waals surface area (Å²) in [5.41, 5.74) is 2.34. The number of fused-ring (bicyclic) bond motifs is 1. The average Bonchev–Trinajstić information content (AvgIpc) is 3.11. The van der Waals surface area contributed by atoms with Crippen LogP contribution in [0.1, 0.15) is 39.2 Å². The molecule has 0 bridgehead atoms. The standard InChI is InChI=1S/C22H20N2O3S2/c25-18(14-28-19-12-6-7-13-24(19)27)23-22-20(16-10-4-5-11-17(16)29-22)21(26)15-8-2-1-3-9-15/h1-3,6-9,12-13H,4-5,10-11,14H2,(H,23,25). The first-order valence-electron chi connectivity index (χ1n) is 9.48. The van der Waals surface area contributed by atoms with Gasteiger partial charge in [0.2, 0.25) is 5.91 Å². The summed E-state index contributed by atoms with van der Waals surface area (Å²) in [4.78, 5) is 27.0. The third-order valence-electron chi connectivity index (χ3n) is 4.83. The van der Waals surface area contributed by atoms with Gasteiger partial charge in [-0.3, -0.25) is 9.59 Å². The zero-order valence-electron chi connectivity index (χ0n) is 15.7. The molecule has 0 fully saturated rings. The number of ketones is 1. The van der Waals surface area contributed by atoms with Crippen molar-refractivity contribution in [3.05, 3.63) is 81.5 Å². The number of rotatable bonds is 6. The number of anilines is 1. The Morgan fingerprint density at radius 3 is 2.62 bits per heavy atom. The lowest BCUT2D eigenvalue weighted by molar-refractivity contribution is -0.645. The molecular weight excluding hydrogens is 404 g/mol. The molecule has 1 N–H and O–H groups in total. The first kappa shape index (κ1) is 19.7. The molecule has 2 aromatic heterocycles. The minimum atomic E-state index is -0.223. The molecule has 0 unspecified atom stereocenters. The van der Waals surface area contributed by atoms with Gasteiger partial charge in [0.05, 0.1) is 11.3 Å². The van der Waals surface area contributed by atoms with E-state index in [-0.39, 0.29) is 17.4 Å². The Labute approximate surface area is 177 Å². The fourth-order valence-electron chi connectivity index (χ4n) is 3.45. The van der Waals surface area contributed by atoms with Crippen LogP contribution in [-0.2, 0) is 17.6 Å². The summed E-state index contributed by atoms with van der Waals surface area (Å²) in [7, 11) is 0. The molecule has 1 aliphatic carbocycles. The van der Waals surface area contributed by atoms with Gasteiger partial charge in [-0.15, -0.1) is 11.3 Å². The fraction of sp³-hybridized carbons (Fsp3) is 0.227. The smallest absolute Gasteiger partial charge is 0.251 e. The van der Waals surface area contributed by atoms with E-state index >= 15 is 0 Å². The molecule has 0 saturated heterocycles. The predicted octanol–water partition coefficient (Wildman–Crippen LogP) is 4.22. The van der Waals surface area contributed by atoms with Crippen LogP contribution in [0.25, 0.3) is 0 Å². The molecule has 1 amide bonds. The second-order valence-electron chi connectivity index (χ2n) is 6.81. The minimum absolute atomic E-state index is 0.0478. The highest BCUT2D eigenvalue weighted by atomic mass is 32.2. The largest absolute Gasteiger partial charge is 0.618 e. The number of hydrogen-bond acceptors (Lipinski definition) is 5. The van der Waals surface area contributed by atoms with Gasteiger partial charge in [-0.1, -0.05) is 30.3 Å². The second kappa shape index (κ2) is 8.80. The van der Waals surface area contributed by atoms with E-state index in [0.717, 1.165) is 36.0 Å². The first-order chi connectivity index (χ1) is 14.1. The summed E-state index contributed by atoms with van der Waals surface area (Å²) < 4.78 is 0.742. The van der Waals surface area contributed by atoms with E-state index in [9.17, 15) is 14.8 Å². The van der Waals surface area contributed by atoms with Crippen molar-refractivity contribution in [3.8, 4) is 0 Å². The van der Waals surface area contributed by atoms with E-state index in [4.69, 9.17) is 0 Å². The minimum Gasteiger partial charge on any atom is -0.618 e. The highest BCUT2D eigenvalue weighted by Crippen LogP contribution is 2.39. The number of amides is 1. The lowest BCUT2D eigenvalue weighted by Gasteiger charge is -2.12. The number of thiophene rings is 1. The molecule has 0 saturated carbocycles. The molecule has 1 aliphatic rings. The average molecular weight is 425 g/mol. The van der Waals surface area contributed by atoms with E-state index in [1.54, 1.807) is 30.3 Å². The van der Waals surface area contributed by atoms with Gasteiger partial charge in [-0.2, -0.15) is 4.73 Å². The molecule has 2 heterocycles. The molecule has 0 aliphatic heterocycles. The monoisotopic (exact) mass is 424 g/mol. The molecule has 1 aromatic carbocycles. The maximum Gasteiger partial charge on any atom is 0.251 e. The third-order valence-corrected chi connectivity index (χ3v) is 7.05. The van der Waals surface area contributed by atoms with Gasteiger partial charge >= 0.3 is 0 Å². The first-order valence-corrected chi connectivity index (χ1v) is 11.3. The summed E-state index contributed by atoms with van der Waals surface area (Å²) in [5, 5.41) is 15.8. The fourth-order valence-corrected chi connectivity index (χ4v) is 5.47. The molecule has 7 heteroatoms. The summed E-state index contributed by atoms with van der Waals surface area (Å²) >= 11 is 2.69. The summed E-state index contributed by atoms with van der Waals surface area (Å²) in [6.45, 7) is 0. The summed E-state index contributed by atoms with van der Waals surface area (Å²) in [5.74, 6) is -0.165. The molecule has 0 atom stereocenters. The molecule has 3 aromatic rings. The Balaban J connectivity index is 1.57. The Bertz CT molecular complexity index is 1050. The van der Waals surface area contributed by atoms with Gasteiger partial charge in [-0.25, -0.2) is 0 Å². The lowest BCUT2D eigenvalue weighted by Crippen LogP contribution is -2.28. The van der Waals surface area contributed by atoms with Crippen molar-refractivity contribution in [1.82, 2.24) is 0 Å². The quantitative estimate of drug-likeness (QED) is 0.278. The van der Waals surface area contributed by atoms with Crippen molar-refractivity contribution >= 4 is 39.8 Å². The van der Waals surface area contributed by atoms with Crippen molar-refractivity contribution in [2.24, 2.45) is 0 Å². The number of aryl methyl sites for hydroxylation is 1. The van der Waals surface area contributed by atoms with Gasteiger partial charge < -0.3 is 10.5 Å². The van der Waals surface area contributed by atoms with Crippen molar-refractivity contribution in [1.29, 1.82) is 0 Å². The van der Waals surface area contributed by atoms with Crippen LogP contribution >= 0.6 is 23.1 Å². The van der Waals surface area contributed by atoms with Crippen LogP contribution in [0.2, 0.25) is 0 Å². The number of carbonyl (C=O) groups excluding carboxylic acids is 2. The Morgan fingerprint density at radius 2 is 1.83 bits per heavy atom. The van der Waals surface area contributed by atoms with Crippen molar-refractivity contribution in [2.45, 2.75) is 30.7 Å². The highest BCUT2D eigenvalue weighted by molar-refractivity contribution is 7.99. The van der Waals surface area contributed by atoms with E-state index in [1.807, 2.05) is 18.2 Å². The van der Waals surface area contributed by atoms with Crippen LogP contribution in [0.5, 0.6) is 0 Å². The molecule has 4 rings (SSSR count). The lowest BCUT2D eigenvalue weighted by atomic mass is 9.92. The number of benzene rings is 1. The predicted molar refractivity (Wildman–Crippen MR) is 116 cm³/mol. The normalized spacial score (nSPS) is 13.0. The van der Waals surface area contributed by atoms with Crippen LogP contribution in [0, 0.1) is 5.21 Å².